The summed E-state index contributed by atoms with van der Waals surface area (Å²) in [4.78, 5) is 18.9. The summed E-state index contributed by atoms with van der Waals surface area (Å²) in [6.45, 7) is 6.85. The zero-order valence-electron chi connectivity index (χ0n) is 18.3. The largest absolute Gasteiger partial charge is 0.385 e. The number of aliphatic imine (C=N–C) groups is 1. The summed E-state index contributed by atoms with van der Waals surface area (Å²) in [6.07, 6.45) is 4.00. The van der Waals surface area contributed by atoms with Crippen molar-refractivity contribution in [3.8, 4) is 0 Å². The third kappa shape index (κ3) is 10.6. The molecule has 0 unspecified atom stereocenters. The topological polar surface area (TPSA) is 75.2 Å². The maximum atomic E-state index is 12.2. The maximum Gasteiger partial charge on any atom is 0.241 e. The molecule has 0 bridgehead atoms. The number of benzene rings is 1. The van der Waals surface area contributed by atoms with Crippen LogP contribution in [0.2, 0.25) is 0 Å². The Morgan fingerprint density at radius 3 is 2.57 bits per heavy atom. The minimum absolute atomic E-state index is 0. The molecule has 8 heteroatoms. The van der Waals surface area contributed by atoms with Crippen molar-refractivity contribution in [2.24, 2.45) is 4.99 Å². The van der Waals surface area contributed by atoms with Gasteiger partial charge in [-0.1, -0.05) is 30.3 Å². The molecule has 170 valence electrons. The van der Waals surface area contributed by atoms with Gasteiger partial charge in [-0.3, -0.25) is 4.79 Å². The number of methoxy groups -OCH3 is 1. The van der Waals surface area contributed by atoms with Gasteiger partial charge in [0.1, 0.15) is 6.54 Å². The van der Waals surface area contributed by atoms with Gasteiger partial charge in [-0.25, -0.2) is 4.99 Å². The van der Waals surface area contributed by atoms with E-state index in [1.54, 1.807) is 7.11 Å². The first-order valence-corrected chi connectivity index (χ1v) is 10.7. The molecule has 1 aromatic rings. The molecule has 0 spiro atoms. The third-order valence-corrected chi connectivity index (χ3v) is 4.87. The van der Waals surface area contributed by atoms with Crippen LogP contribution in [0.25, 0.3) is 0 Å². The highest BCUT2D eigenvalue weighted by Gasteiger charge is 2.22. The van der Waals surface area contributed by atoms with Crippen molar-refractivity contribution in [2.75, 3.05) is 53.0 Å². The molecule has 0 aromatic heterocycles. The number of hydrogen-bond acceptors (Lipinski definition) is 4. The minimum Gasteiger partial charge on any atom is -0.385 e. The van der Waals surface area contributed by atoms with Gasteiger partial charge in [-0.05, 0) is 38.2 Å². The number of amides is 1. The Morgan fingerprint density at radius 1 is 1.17 bits per heavy atom. The van der Waals surface area contributed by atoms with Gasteiger partial charge in [-0.2, -0.15) is 0 Å². The van der Waals surface area contributed by atoms with Crippen LogP contribution in [0.4, 0.5) is 0 Å². The molecule has 1 aliphatic rings. The summed E-state index contributed by atoms with van der Waals surface area (Å²) in [5, 5.41) is 6.25. The SMILES string of the molecule is CCNC(=NCC(=O)NCCc1ccccc1)N1CCC(OCCCOC)CC1.I. The number of nitrogens with one attached hydrogen (secondary N) is 2. The second kappa shape index (κ2) is 16.3. The van der Waals surface area contributed by atoms with Crippen LogP contribution in [0, 0.1) is 0 Å². The molecular formula is C22H37IN4O3. The molecule has 2 N–H and O–H groups in total. The first-order valence-electron chi connectivity index (χ1n) is 10.7. The molecule has 2 rings (SSSR count). The van der Waals surface area contributed by atoms with E-state index in [9.17, 15) is 4.79 Å². The van der Waals surface area contributed by atoms with E-state index in [-0.39, 0.29) is 36.4 Å². The quantitative estimate of drug-likeness (QED) is 0.198. The lowest BCUT2D eigenvalue weighted by Crippen LogP contribution is -2.47. The summed E-state index contributed by atoms with van der Waals surface area (Å²) >= 11 is 0. The summed E-state index contributed by atoms with van der Waals surface area (Å²) in [5.41, 5.74) is 1.22. The number of hydrogen-bond donors (Lipinski definition) is 2. The van der Waals surface area contributed by atoms with Crippen LogP contribution < -0.4 is 10.6 Å². The number of likely N-dealkylation sites (tertiary alicyclic amines) is 1. The fraction of sp³-hybridized carbons (Fsp3) is 0.636. The van der Waals surface area contributed by atoms with Crippen molar-refractivity contribution in [2.45, 2.75) is 38.7 Å². The van der Waals surface area contributed by atoms with E-state index >= 15 is 0 Å². The summed E-state index contributed by atoms with van der Waals surface area (Å²) in [6, 6.07) is 10.2. The van der Waals surface area contributed by atoms with E-state index in [0.29, 0.717) is 12.6 Å². The maximum absolute atomic E-state index is 12.2. The molecule has 0 saturated carbocycles. The predicted octanol–water partition coefficient (Wildman–Crippen LogP) is 2.45. The van der Waals surface area contributed by atoms with E-state index < -0.39 is 0 Å². The highest BCUT2D eigenvalue weighted by molar-refractivity contribution is 14.0. The van der Waals surface area contributed by atoms with Crippen LogP contribution in [-0.4, -0.2) is 75.9 Å². The fourth-order valence-electron chi connectivity index (χ4n) is 3.31. The molecule has 7 nitrogen and oxygen atoms in total. The van der Waals surface area contributed by atoms with Crippen molar-refractivity contribution in [3.05, 3.63) is 35.9 Å². The number of halogens is 1. The van der Waals surface area contributed by atoms with E-state index in [0.717, 1.165) is 64.5 Å². The van der Waals surface area contributed by atoms with Gasteiger partial charge < -0.3 is 25.0 Å². The molecular weight excluding hydrogens is 495 g/mol. The molecule has 1 saturated heterocycles. The Labute approximate surface area is 198 Å². The molecule has 30 heavy (non-hydrogen) atoms. The van der Waals surface area contributed by atoms with Crippen molar-refractivity contribution in [1.82, 2.24) is 15.5 Å². The normalized spacial score (nSPS) is 14.9. The molecule has 1 aromatic carbocycles. The average Bonchev–Trinajstić information content (AvgIpc) is 2.75. The summed E-state index contributed by atoms with van der Waals surface area (Å²) in [5.74, 6) is 0.760. The zero-order chi connectivity index (χ0) is 20.7. The number of ether oxygens (including phenoxy) is 2. The smallest absolute Gasteiger partial charge is 0.241 e. The fourth-order valence-corrected chi connectivity index (χ4v) is 3.31. The first-order chi connectivity index (χ1) is 14.2. The monoisotopic (exact) mass is 532 g/mol. The highest BCUT2D eigenvalue weighted by atomic mass is 127. The zero-order valence-corrected chi connectivity index (χ0v) is 20.6. The Bertz CT molecular complexity index is 608. The van der Waals surface area contributed by atoms with Crippen LogP contribution in [0.5, 0.6) is 0 Å². The van der Waals surface area contributed by atoms with Gasteiger partial charge in [0, 0.05) is 46.5 Å². The Balaban J connectivity index is 0.00000450. The Hall–Kier alpha value is -1.39. The van der Waals surface area contributed by atoms with Gasteiger partial charge >= 0.3 is 0 Å². The van der Waals surface area contributed by atoms with Gasteiger partial charge in [0.25, 0.3) is 0 Å². The lowest BCUT2D eigenvalue weighted by atomic mass is 10.1. The summed E-state index contributed by atoms with van der Waals surface area (Å²) in [7, 11) is 1.71. The van der Waals surface area contributed by atoms with E-state index in [1.165, 1.54) is 5.56 Å². The first kappa shape index (κ1) is 26.6. The molecule has 0 radical (unpaired) electrons. The number of carbonyl (C=O) groups excluding carboxylic acids is 1. The van der Waals surface area contributed by atoms with Gasteiger partial charge in [0.05, 0.1) is 6.10 Å². The van der Waals surface area contributed by atoms with Crippen LogP contribution in [0.1, 0.15) is 31.7 Å². The van der Waals surface area contributed by atoms with Gasteiger partial charge in [0.15, 0.2) is 5.96 Å². The summed E-state index contributed by atoms with van der Waals surface area (Å²) < 4.78 is 11.0. The minimum atomic E-state index is -0.0484. The van der Waals surface area contributed by atoms with E-state index in [1.807, 2.05) is 25.1 Å². The molecule has 1 amide bonds. The third-order valence-electron chi connectivity index (χ3n) is 4.87. The van der Waals surface area contributed by atoms with Crippen molar-refractivity contribution in [3.63, 3.8) is 0 Å². The van der Waals surface area contributed by atoms with Crippen LogP contribution in [0.15, 0.2) is 35.3 Å². The molecule has 0 atom stereocenters. The molecule has 0 aliphatic carbocycles. The van der Waals surface area contributed by atoms with Crippen LogP contribution in [-0.2, 0) is 20.7 Å². The molecule has 1 heterocycles. The average molecular weight is 532 g/mol. The molecule has 1 aliphatic heterocycles. The number of guanidine groups is 1. The number of nitrogens with zero attached hydrogens (tertiary/aromatic N) is 2. The van der Waals surface area contributed by atoms with E-state index in [4.69, 9.17) is 9.47 Å². The standard InChI is InChI=1S/C22H36N4O3.HI/c1-3-23-22(26-14-11-20(12-15-26)29-17-7-16-28-2)25-18-21(27)24-13-10-19-8-5-4-6-9-19;/h4-6,8-9,20H,3,7,10-18H2,1-2H3,(H,23,25)(H,24,27);1H. The lowest BCUT2D eigenvalue weighted by molar-refractivity contribution is -0.119. The number of rotatable bonds is 11. The Kier molecular flexibility index (Phi) is 14.5. The highest BCUT2D eigenvalue weighted by Crippen LogP contribution is 2.14. The number of carbonyl (C=O) groups is 1. The second-order valence-electron chi connectivity index (χ2n) is 7.16. The second-order valence-corrected chi connectivity index (χ2v) is 7.16. The predicted molar refractivity (Wildman–Crippen MR) is 132 cm³/mol. The molecule has 1 fully saturated rings. The van der Waals surface area contributed by atoms with Crippen LogP contribution in [0.3, 0.4) is 0 Å². The van der Waals surface area contributed by atoms with Crippen molar-refractivity contribution in [1.29, 1.82) is 0 Å². The number of piperidine rings is 1. The van der Waals surface area contributed by atoms with Crippen molar-refractivity contribution >= 4 is 35.8 Å². The van der Waals surface area contributed by atoms with Crippen molar-refractivity contribution < 1.29 is 14.3 Å². The lowest BCUT2D eigenvalue weighted by Gasteiger charge is -2.34. The van der Waals surface area contributed by atoms with Gasteiger partial charge in [0.2, 0.25) is 5.91 Å². The van der Waals surface area contributed by atoms with E-state index in [2.05, 4.69) is 32.7 Å². The van der Waals surface area contributed by atoms with Gasteiger partial charge in [-0.15, -0.1) is 24.0 Å². The van der Waals surface area contributed by atoms with Crippen LogP contribution >= 0.6 is 24.0 Å². The Morgan fingerprint density at radius 2 is 1.90 bits per heavy atom.